The van der Waals surface area contributed by atoms with E-state index in [1.165, 1.54) is 13.3 Å². The van der Waals surface area contributed by atoms with E-state index in [4.69, 9.17) is 0 Å². The van der Waals surface area contributed by atoms with Gasteiger partial charge in [0, 0.05) is 13.3 Å². The summed E-state index contributed by atoms with van der Waals surface area (Å²) < 4.78 is 11.8. The van der Waals surface area contributed by atoms with Gasteiger partial charge in [-0.15, -0.1) is 5.10 Å². The molecule has 0 spiro atoms. The largest absolute Gasteiger partial charge is 0.343 e. The number of aromatic amines is 1. The predicted octanol–water partition coefficient (Wildman–Crippen LogP) is -1.15. The number of nitrogens with one attached hydrogen (secondary N) is 1. The van der Waals surface area contributed by atoms with Crippen LogP contribution in [0.1, 0.15) is 0 Å². The van der Waals surface area contributed by atoms with E-state index in [1.807, 2.05) is 0 Å². The van der Waals surface area contributed by atoms with Crippen molar-refractivity contribution in [2.24, 2.45) is 7.05 Å². The standard InChI is InChI=1S/C4H7N3O2S/c1-7-4(8)5-3(6-7)10(2)9/h1-2H3,(H,5,6,8). The normalized spacial score (nSPS) is 13.4. The van der Waals surface area contributed by atoms with Crippen molar-refractivity contribution < 1.29 is 4.21 Å². The lowest BCUT2D eigenvalue weighted by atomic mass is 11.2. The van der Waals surface area contributed by atoms with E-state index in [9.17, 15) is 9.00 Å². The van der Waals surface area contributed by atoms with Gasteiger partial charge in [-0.05, 0) is 0 Å². The van der Waals surface area contributed by atoms with Crippen LogP contribution < -0.4 is 5.69 Å². The number of hydrogen-bond donors (Lipinski definition) is 1. The first-order valence-electron chi connectivity index (χ1n) is 2.58. The molecule has 1 aromatic heterocycles. The minimum Gasteiger partial charge on any atom is -0.282 e. The lowest BCUT2D eigenvalue weighted by Gasteiger charge is -1.82. The Morgan fingerprint density at radius 3 is 2.50 bits per heavy atom. The van der Waals surface area contributed by atoms with Crippen molar-refractivity contribution in [1.82, 2.24) is 14.8 Å². The number of hydrogen-bond acceptors (Lipinski definition) is 3. The van der Waals surface area contributed by atoms with E-state index < -0.39 is 10.8 Å². The zero-order valence-electron chi connectivity index (χ0n) is 5.62. The summed E-state index contributed by atoms with van der Waals surface area (Å²) in [6, 6.07) is 0. The van der Waals surface area contributed by atoms with Crippen LogP contribution in [0.25, 0.3) is 0 Å². The third kappa shape index (κ3) is 1.15. The summed E-state index contributed by atoms with van der Waals surface area (Å²) in [5.41, 5.74) is -0.342. The van der Waals surface area contributed by atoms with Crippen molar-refractivity contribution in [3.63, 3.8) is 0 Å². The fourth-order valence-electron chi connectivity index (χ4n) is 0.508. The summed E-state index contributed by atoms with van der Waals surface area (Å²) in [6.07, 6.45) is 1.46. The van der Waals surface area contributed by atoms with E-state index >= 15 is 0 Å². The maximum Gasteiger partial charge on any atom is 0.343 e. The average molecular weight is 161 g/mol. The van der Waals surface area contributed by atoms with Crippen LogP contribution in [-0.2, 0) is 17.8 Å². The Kier molecular flexibility index (Phi) is 1.71. The number of H-pyrrole nitrogens is 1. The molecule has 1 N–H and O–H groups in total. The van der Waals surface area contributed by atoms with Crippen LogP contribution in [0.3, 0.4) is 0 Å². The summed E-state index contributed by atoms with van der Waals surface area (Å²) in [4.78, 5) is 13.0. The molecule has 1 atom stereocenters. The second kappa shape index (κ2) is 2.37. The minimum absolute atomic E-state index is 0.215. The topological polar surface area (TPSA) is 67.8 Å². The molecule has 0 bridgehead atoms. The molecule has 1 rings (SSSR count). The molecule has 0 aliphatic heterocycles. The maximum atomic E-state index is 10.7. The first-order chi connectivity index (χ1) is 4.61. The molecule has 1 aromatic rings. The molecule has 0 amide bonds. The van der Waals surface area contributed by atoms with Gasteiger partial charge in [0.2, 0.25) is 5.16 Å². The molecule has 0 fully saturated rings. The van der Waals surface area contributed by atoms with E-state index in [0.717, 1.165) is 4.68 Å². The highest BCUT2D eigenvalue weighted by Crippen LogP contribution is 1.87. The van der Waals surface area contributed by atoms with Crippen molar-refractivity contribution in [3.8, 4) is 0 Å². The van der Waals surface area contributed by atoms with Crippen LogP contribution in [0, 0.1) is 0 Å². The molecule has 0 saturated heterocycles. The van der Waals surface area contributed by atoms with Gasteiger partial charge >= 0.3 is 5.69 Å². The molecule has 1 unspecified atom stereocenters. The van der Waals surface area contributed by atoms with Gasteiger partial charge in [0.15, 0.2) is 0 Å². The highest BCUT2D eigenvalue weighted by atomic mass is 32.2. The Morgan fingerprint density at radius 1 is 1.70 bits per heavy atom. The lowest BCUT2D eigenvalue weighted by Crippen LogP contribution is -2.13. The number of nitrogens with zero attached hydrogens (tertiary/aromatic N) is 2. The molecule has 0 aliphatic carbocycles. The van der Waals surface area contributed by atoms with Crippen LogP contribution in [0.15, 0.2) is 9.95 Å². The highest BCUT2D eigenvalue weighted by molar-refractivity contribution is 7.84. The molecule has 0 radical (unpaired) electrons. The molecule has 56 valence electrons. The molecular formula is C4H7N3O2S. The van der Waals surface area contributed by atoms with Crippen LogP contribution in [0.2, 0.25) is 0 Å². The predicted molar refractivity (Wildman–Crippen MR) is 36.2 cm³/mol. The Bertz CT molecular complexity index is 313. The maximum absolute atomic E-state index is 10.7. The molecule has 5 nitrogen and oxygen atoms in total. The van der Waals surface area contributed by atoms with Gasteiger partial charge in [-0.25, -0.2) is 9.48 Å². The third-order valence-corrected chi connectivity index (χ3v) is 1.75. The zero-order chi connectivity index (χ0) is 7.72. The van der Waals surface area contributed by atoms with Crippen LogP contribution in [0.5, 0.6) is 0 Å². The van der Waals surface area contributed by atoms with Gasteiger partial charge < -0.3 is 0 Å². The molecule has 0 saturated carbocycles. The van der Waals surface area contributed by atoms with Gasteiger partial charge in [-0.3, -0.25) is 9.19 Å². The van der Waals surface area contributed by atoms with Gasteiger partial charge in [0.05, 0.1) is 10.8 Å². The molecule has 1 heterocycles. The van der Waals surface area contributed by atoms with Gasteiger partial charge in [-0.1, -0.05) is 0 Å². The third-order valence-electron chi connectivity index (χ3n) is 1.02. The fraction of sp³-hybridized carbons (Fsp3) is 0.500. The first kappa shape index (κ1) is 7.20. The summed E-state index contributed by atoms with van der Waals surface area (Å²) >= 11 is 0. The van der Waals surface area contributed by atoms with Crippen molar-refractivity contribution in [2.75, 3.05) is 6.26 Å². The molecule has 6 heteroatoms. The summed E-state index contributed by atoms with van der Waals surface area (Å²) in [5, 5.41) is 3.87. The quantitative estimate of drug-likeness (QED) is 0.565. The summed E-state index contributed by atoms with van der Waals surface area (Å²) in [5.74, 6) is 0. The van der Waals surface area contributed by atoms with Gasteiger partial charge in [0.1, 0.15) is 0 Å². The number of aryl methyl sites for hydroxylation is 1. The smallest absolute Gasteiger partial charge is 0.282 e. The second-order valence-corrected chi connectivity index (χ2v) is 3.11. The van der Waals surface area contributed by atoms with Crippen molar-refractivity contribution >= 4 is 10.8 Å². The Balaban J connectivity index is 3.23. The average Bonchev–Trinajstić information content (AvgIpc) is 2.13. The van der Waals surface area contributed by atoms with E-state index in [1.54, 1.807) is 0 Å². The summed E-state index contributed by atoms with van der Waals surface area (Å²) in [6.45, 7) is 0. The molecule has 0 aromatic carbocycles. The van der Waals surface area contributed by atoms with E-state index in [0.29, 0.717) is 0 Å². The molecule has 10 heavy (non-hydrogen) atoms. The Hall–Kier alpha value is -0.910. The van der Waals surface area contributed by atoms with Crippen molar-refractivity contribution in [1.29, 1.82) is 0 Å². The number of aromatic nitrogens is 3. The van der Waals surface area contributed by atoms with Crippen LogP contribution in [0.4, 0.5) is 0 Å². The highest BCUT2D eigenvalue weighted by Gasteiger charge is 2.03. The lowest BCUT2D eigenvalue weighted by molar-refractivity contribution is 0.671. The molecular weight excluding hydrogens is 154 g/mol. The fourth-order valence-corrected chi connectivity index (χ4v) is 0.977. The van der Waals surface area contributed by atoms with Gasteiger partial charge in [-0.2, -0.15) is 0 Å². The van der Waals surface area contributed by atoms with Crippen LogP contribution in [-0.4, -0.2) is 25.2 Å². The first-order valence-corrected chi connectivity index (χ1v) is 4.14. The second-order valence-electron chi connectivity index (χ2n) is 1.81. The monoisotopic (exact) mass is 161 g/mol. The minimum atomic E-state index is -1.21. The summed E-state index contributed by atoms with van der Waals surface area (Å²) in [7, 11) is 0.289. The van der Waals surface area contributed by atoms with E-state index in [2.05, 4.69) is 10.1 Å². The Labute approximate surface area is 59.5 Å². The van der Waals surface area contributed by atoms with Gasteiger partial charge in [0.25, 0.3) is 0 Å². The van der Waals surface area contributed by atoms with Crippen molar-refractivity contribution in [2.45, 2.75) is 5.16 Å². The SMILES string of the molecule is Cn1nc(S(C)=O)[nH]c1=O. The van der Waals surface area contributed by atoms with Crippen LogP contribution >= 0.6 is 0 Å². The number of rotatable bonds is 1. The van der Waals surface area contributed by atoms with Crippen molar-refractivity contribution in [3.05, 3.63) is 10.5 Å². The van der Waals surface area contributed by atoms with E-state index in [-0.39, 0.29) is 10.8 Å². The Morgan fingerprint density at radius 2 is 2.30 bits per heavy atom. The molecule has 0 aliphatic rings. The zero-order valence-corrected chi connectivity index (χ0v) is 6.44.